The number of imidazole rings is 1. The van der Waals surface area contributed by atoms with Crippen molar-refractivity contribution in [2.45, 2.75) is 58.3 Å². The van der Waals surface area contributed by atoms with E-state index >= 15 is 0 Å². The van der Waals surface area contributed by atoms with Crippen LogP contribution in [0.15, 0.2) is 12.5 Å². The molecule has 0 aromatic carbocycles. The van der Waals surface area contributed by atoms with E-state index in [4.69, 9.17) is 5.73 Å². The highest BCUT2D eigenvalue weighted by Gasteiger charge is 2.32. The van der Waals surface area contributed by atoms with Crippen LogP contribution in [0.5, 0.6) is 0 Å². The van der Waals surface area contributed by atoms with Crippen LogP contribution in [0.4, 0.5) is 0 Å². The summed E-state index contributed by atoms with van der Waals surface area (Å²) in [5, 5.41) is 16.8. The molecule has 4 unspecified atom stereocenters. The van der Waals surface area contributed by atoms with Crippen molar-refractivity contribution in [1.82, 2.24) is 25.9 Å². The summed E-state index contributed by atoms with van der Waals surface area (Å²) >= 11 is 3.93. The van der Waals surface area contributed by atoms with E-state index in [2.05, 4.69) is 38.5 Å². The molecule has 0 aliphatic rings. The molecular weight excluding hydrogens is 424 g/mol. The van der Waals surface area contributed by atoms with Crippen LogP contribution in [-0.2, 0) is 25.6 Å². The fourth-order valence-electron chi connectivity index (χ4n) is 2.63. The zero-order valence-corrected chi connectivity index (χ0v) is 19.0. The zero-order valence-electron chi connectivity index (χ0n) is 18.1. The van der Waals surface area contributed by atoms with Gasteiger partial charge in [0.2, 0.25) is 17.7 Å². The monoisotopic (exact) mass is 456 g/mol. The number of H-pyrrole nitrogens is 1. The summed E-state index contributed by atoms with van der Waals surface area (Å²) in [5.41, 5.74) is 6.43. The standard InChI is InChI=1S/C19H32N6O5S/c1-9(2)14(20)17(27)25-15(10(3)4)18(28)23-12(5-11-6-21-8-22-11)16(26)24-13(7-31)19(29)30/h6,8-10,12-15,31H,5,7,20H2,1-4H3,(H,21,22)(H,23,28)(H,24,26)(H,25,27)(H,29,30). The average Bonchev–Trinajstić information content (AvgIpc) is 3.20. The number of nitrogens with two attached hydrogens (primary N) is 1. The number of carbonyl (C=O) groups is 4. The fourth-order valence-corrected chi connectivity index (χ4v) is 2.88. The highest BCUT2D eigenvalue weighted by Crippen LogP contribution is 2.07. The van der Waals surface area contributed by atoms with Crippen LogP contribution < -0.4 is 21.7 Å². The Morgan fingerprint density at radius 3 is 2.10 bits per heavy atom. The molecule has 0 bridgehead atoms. The lowest BCUT2D eigenvalue weighted by Crippen LogP contribution is -2.59. The number of nitrogens with zero attached hydrogens (tertiary/aromatic N) is 1. The molecule has 0 radical (unpaired) electrons. The molecule has 0 aliphatic heterocycles. The van der Waals surface area contributed by atoms with Crippen LogP contribution in [0.25, 0.3) is 0 Å². The number of nitrogens with one attached hydrogen (secondary N) is 4. The Morgan fingerprint density at radius 1 is 1.03 bits per heavy atom. The summed E-state index contributed by atoms with van der Waals surface area (Å²) in [6.07, 6.45) is 2.95. The van der Waals surface area contributed by atoms with Gasteiger partial charge >= 0.3 is 5.97 Å². The first-order valence-corrected chi connectivity index (χ1v) is 10.6. The van der Waals surface area contributed by atoms with Gasteiger partial charge in [0.05, 0.1) is 12.4 Å². The summed E-state index contributed by atoms with van der Waals surface area (Å²) in [6, 6.07) is -4.05. The number of aromatic nitrogens is 2. The van der Waals surface area contributed by atoms with Gasteiger partial charge in [-0.1, -0.05) is 27.7 Å². The van der Waals surface area contributed by atoms with Crippen LogP contribution >= 0.6 is 12.6 Å². The van der Waals surface area contributed by atoms with Crippen LogP contribution in [0.2, 0.25) is 0 Å². The van der Waals surface area contributed by atoms with E-state index in [1.54, 1.807) is 27.7 Å². The number of rotatable bonds is 12. The van der Waals surface area contributed by atoms with Crippen LogP contribution in [-0.4, -0.2) is 68.7 Å². The van der Waals surface area contributed by atoms with Crippen molar-refractivity contribution in [2.75, 3.05) is 5.75 Å². The van der Waals surface area contributed by atoms with Gasteiger partial charge in [0.25, 0.3) is 0 Å². The smallest absolute Gasteiger partial charge is 0.327 e. The fraction of sp³-hybridized carbons (Fsp3) is 0.632. The van der Waals surface area contributed by atoms with Crippen molar-refractivity contribution in [3.63, 3.8) is 0 Å². The Morgan fingerprint density at radius 2 is 1.65 bits per heavy atom. The molecule has 4 atom stereocenters. The number of aliphatic carboxylic acids is 1. The first-order chi connectivity index (χ1) is 14.5. The summed E-state index contributed by atoms with van der Waals surface area (Å²) in [4.78, 5) is 56.0. The van der Waals surface area contributed by atoms with E-state index in [1.807, 2.05) is 0 Å². The molecule has 0 saturated heterocycles. The molecular formula is C19H32N6O5S. The molecule has 1 aromatic rings. The van der Waals surface area contributed by atoms with Crippen molar-refractivity contribution in [3.8, 4) is 0 Å². The zero-order chi connectivity index (χ0) is 23.7. The first kappa shape index (κ1) is 26.4. The molecule has 0 fully saturated rings. The average molecular weight is 457 g/mol. The van der Waals surface area contributed by atoms with Crippen LogP contribution in [0.1, 0.15) is 33.4 Å². The van der Waals surface area contributed by atoms with E-state index in [1.165, 1.54) is 12.5 Å². The summed E-state index contributed by atoms with van der Waals surface area (Å²) in [5.74, 6) is -3.53. The van der Waals surface area contributed by atoms with Gasteiger partial charge in [0.15, 0.2) is 0 Å². The second-order valence-electron chi connectivity index (χ2n) is 7.92. The molecule has 0 aliphatic carbocycles. The summed E-state index contributed by atoms with van der Waals surface area (Å²) < 4.78 is 0. The SMILES string of the molecule is CC(C)C(N)C(=O)NC(C(=O)NC(Cc1cnc[nH]1)C(=O)NC(CS)C(=O)O)C(C)C. The van der Waals surface area contributed by atoms with Gasteiger partial charge in [-0.2, -0.15) is 12.6 Å². The third kappa shape index (κ3) is 8.21. The van der Waals surface area contributed by atoms with E-state index in [0.29, 0.717) is 5.69 Å². The van der Waals surface area contributed by atoms with E-state index in [-0.39, 0.29) is 24.0 Å². The molecule has 1 aromatic heterocycles. The topological polar surface area (TPSA) is 179 Å². The van der Waals surface area contributed by atoms with Gasteiger partial charge < -0.3 is 31.8 Å². The molecule has 12 heteroatoms. The van der Waals surface area contributed by atoms with E-state index in [9.17, 15) is 24.3 Å². The van der Waals surface area contributed by atoms with Crippen LogP contribution in [0, 0.1) is 11.8 Å². The summed E-state index contributed by atoms with van der Waals surface area (Å²) in [7, 11) is 0. The Hall–Kier alpha value is -2.60. The minimum absolute atomic E-state index is 0.0424. The van der Waals surface area contributed by atoms with Gasteiger partial charge in [-0.25, -0.2) is 9.78 Å². The Balaban J connectivity index is 3.00. The molecule has 31 heavy (non-hydrogen) atoms. The maximum Gasteiger partial charge on any atom is 0.327 e. The molecule has 1 heterocycles. The number of amides is 3. The number of aromatic amines is 1. The number of carboxylic acids is 1. The normalized spacial score (nSPS) is 15.1. The second kappa shape index (κ2) is 12.3. The maximum absolute atomic E-state index is 12.9. The Kier molecular flexibility index (Phi) is 10.5. The molecule has 1 rings (SSSR count). The molecule has 0 saturated carbocycles. The minimum Gasteiger partial charge on any atom is -0.480 e. The highest BCUT2D eigenvalue weighted by molar-refractivity contribution is 7.80. The molecule has 174 valence electrons. The third-order valence-electron chi connectivity index (χ3n) is 4.68. The predicted molar refractivity (Wildman–Crippen MR) is 117 cm³/mol. The quantitative estimate of drug-likeness (QED) is 0.198. The minimum atomic E-state index is -1.25. The molecule has 3 amide bonds. The van der Waals surface area contributed by atoms with E-state index < -0.39 is 47.9 Å². The van der Waals surface area contributed by atoms with Crippen molar-refractivity contribution in [3.05, 3.63) is 18.2 Å². The second-order valence-corrected chi connectivity index (χ2v) is 8.29. The lowest BCUT2D eigenvalue weighted by atomic mass is 9.99. The number of carbonyl (C=O) groups excluding carboxylic acids is 3. The Bertz CT molecular complexity index is 755. The number of thiol groups is 1. The number of hydrogen-bond acceptors (Lipinski definition) is 7. The highest BCUT2D eigenvalue weighted by atomic mass is 32.1. The third-order valence-corrected chi connectivity index (χ3v) is 5.04. The van der Waals surface area contributed by atoms with Crippen LogP contribution in [0.3, 0.4) is 0 Å². The van der Waals surface area contributed by atoms with Gasteiger partial charge in [-0.3, -0.25) is 14.4 Å². The van der Waals surface area contributed by atoms with Crippen molar-refractivity contribution in [1.29, 1.82) is 0 Å². The number of carboxylic acid groups (broad SMARTS) is 1. The van der Waals surface area contributed by atoms with Gasteiger partial charge in [-0.05, 0) is 11.8 Å². The predicted octanol–water partition coefficient (Wildman–Crippen LogP) is -0.940. The van der Waals surface area contributed by atoms with Crippen molar-refractivity contribution < 1.29 is 24.3 Å². The van der Waals surface area contributed by atoms with E-state index in [0.717, 1.165) is 0 Å². The van der Waals surface area contributed by atoms with Gasteiger partial charge in [0.1, 0.15) is 18.1 Å². The van der Waals surface area contributed by atoms with Crippen molar-refractivity contribution >= 4 is 36.3 Å². The molecule has 11 nitrogen and oxygen atoms in total. The summed E-state index contributed by atoms with van der Waals surface area (Å²) in [6.45, 7) is 7.08. The molecule has 7 N–H and O–H groups in total. The molecule has 0 spiro atoms. The number of hydrogen-bond donors (Lipinski definition) is 7. The lowest BCUT2D eigenvalue weighted by molar-refractivity contribution is -0.141. The maximum atomic E-state index is 12.9. The first-order valence-electron chi connectivity index (χ1n) is 9.95. The van der Waals surface area contributed by atoms with Gasteiger partial charge in [0, 0.05) is 24.1 Å². The Labute approximate surface area is 186 Å². The van der Waals surface area contributed by atoms with Crippen molar-refractivity contribution in [2.24, 2.45) is 17.6 Å². The lowest BCUT2D eigenvalue weighted by Gasteiger charge is -2.27. The largest absolute Gasteiger partial charge is 0.480 e. The van der Waals surface area contributed by atoms with Gasteiger partial charge in [-0.15, -0.1) is 0 Å².